The van der Waals surface area contributed by atoms with Gasteiger partial charge in [0.15, 0.2) is 0 Å². The third kappa shape index (κ3) is 3.19. The van der Waals surface area contributed by atoms with Gasteiger partial charge in [-0.15, -0.1) is 0 Å². The average molecular weight is 354 g/mol. The highest BCUT2D eigenvalue weighted by molar-refractivity contribution is 14.1. The highest BCUT2D eigenvalue weighted by Gasteiger charge is 2.11. The first-order chi connectivity index (χ1) is 8.66. The number of nitrogens with one attached hydrogen (secondary N) is 1. The average Bonchev–Trinajstić information content (AvgIpc) is 2.37. The Kier molecular flexibility index (Phi) is 4.14. The van der Waals surface area contributed by atoms with Crippen LogP contribution in [0, 0.1) is 13.7 Å². The summed E-state index contributed by atoms with van der Waals surface area (Å²) < 4.78 is 0.635. The van der Waals surface area contributed by atoms with Gasteiger partial charge in [-0.25, -0.2) is 0 Å². The molecule has 2 rings (SSSR count). The fourth-order valence-corrected chi connectivity index (χ4v) is 2.28. The zero-order valence-corrected chi connectivity index (χ0v) is 11.6. The van der Waals surface area contributed by atoms with Gasteiger partial charge >= 0.3 is 0 Å². The molecule has 18 heavy (non-hydrogen) atoms. The highest BCUT2D eigenvalue weighted by atomic mass is 127. The Morgan fingerprint density at radius 2 is 1.89 bits per heavy atom. The van der Waals surface area contributed by atoms with E-state index < -0.39 is 0 Å². The summed E-state index contributed by atoms with van der Waals surface area (Å²) in [4.78, 5) is 10.3. The van der Waals surface area contributed by atoms with Gasteiger partial charge in [0.05, 0.1) is 8.49 Å². The lowest BCUT2D eigenvalue weighted by molar-refractivity contribution is -0.385. The van der Waals surface area contributed by atoms with Crippen molar-refractivity contribution in [3.05, 3.63) is 67.8 Å². The van der Waals surface area contributed by atoms with Crippen LogP contribution in [-0.4, -0.2) is 4.92 Å². The summed E-state index contributed by atoms with van der Waals surface area (Å²) in [5, 5.41) is 13.9. The summed E-state index contributed by atoms with van der Waals surface area (Å²) in [6, 6.07) is 15.0. The normalized spacial score (nSPS) is 10.1. The van der Waals surface area contributed by atoms with E-state index in [-0.39, 0.29) is 10.6 Å². The highest BCUT2D eigenvalue weighted by Crippen LogP contribution is 2.24. The van der Waals surface area contributed by atoms with Crippen molar-refractivity contribution in [1.82, 2.24) is 0 Å². The lowest BCUT2D eigenvalue weighted by atomic mass is 10.2. The Balaban J connectivity index is 2.07. The standard InChI is InChI=1S/C13H11IN2O2/c14-12-8-11(6-7-13(12)16(17)18)15-9-10-4-2-1-3-5-10/h1-8,15H,9H2. The van der Waals surface area contributed by atoms with E-state index in [0.29, 0.717) is 10.1 Å². The molecule has 0 amide bonds. The van der Waals surface area contributed by atoms with Crippen LogP contribution in [0.5, 0.6) is 0 Å². The summed E-state index contributed by atoms with van der Waals surface area (Å²) in [6.45, 7) is 0.703. The predicted octanol–water partition coefficient (Wildman–Crippen LogP) is 3.81. The monoisotopic (exact) mass is 354 g/mol. The van der Waals surface area contributed by atoms with Gasteiger partial charge in [-0.05, 0) is 40.3 Å². The van der Waals surface area contributed by atoms with E-state index in [4.69, 9.17) is 0 Å². The molecule has 0 atom stereocenters. The molecule has 0 spiro atoms. The van der Waals surface area contributed by atoms with E-state index in [1.165, 1.54) is 11.6 Å². The summed E-state index contributed by atoms with van der Waals surface area (Å²) in [5.41, 5.74) is 2.19. The summed E-state index contributed by atoms with van der Waals surface area (Å²) in [6.07, 6.45) is 0. The van der Waals surface area contributed by atoms with E-state index in [2.05, 4.69) is 5.32 Å². The molecule has 5 heteroatoms. The molecule has 0 unspecified atom stereocenters. The molecule has 0 aliphatic rings. The molecule has 2 aromatic carbocycles. The number of hydrogen-bond acceptors (Lipinski definition) is 3. The van der Waals surface area contributed by atoms with Crippen LogP contribution in [0.4, 0.5) is 11.4 Å². The SMILES string of the molecule is O=[N+]([O-])c1ccc(NCc2ccccc2)cc1I. The summed E-state index contributed by atoms with van der Waals surface area (Å²) in [7, 11) is 0. The van der Waals surface area contributed by atoms with Gasteiger partial charge in [0.1, 0.15) is 0 Å². The van der Waals surface area contributed by atoms with E-state index in [0.717, 1.165) is 5.69 Å². The van der Waals surface area contributed by atoms with Crippen molar-refractivity contribution in [3.8, 4) is 0 Å². The second-order valence-electron chi connectivity index (χ2n) is 3.76. The first-order valence-electron chi connectivity index (χ1n) is 5.38. The molecule has 0 saturated heterocycles. The number of halogens is 1. The molecule has 4 nitrogen and oxygen atoms in total. The Hall–Kier alpha value is -1.63. The molecule has 0 bridgehead atoms. The maximum absolute atomic E-state index is 10.7. The van der Waals surface area contributed by atoms with Gasteiger partial charge < -0.3 is 5.32 Å². The Bertz CT molecular complexity index is 558. The molecule has 0 fully saturated rings. The largest absolute Gasteiger partial charge is 0.381 e. The number of anilines is 1. The minimum Gasteiger partial charge on any atom is -0.381 e. The van der Waals surface area contributed by atoms with Gasteiger partial charge in [0.25, 0.3) is 5.69 Å². The lowest BCUT2D eigenvalue weighted by Crippen LogP contribution is -2.00. The molecule has 0 saturated carbocycles. The van der Waals surface area contributed by atoms with E-state index >= 15 is 0 Å². The Morgan fingerprint density at radius 1 is 1.17 bits per heavy atom. The minimum atomic E-state index is -0.372. The third-order valence-electron chi connectivity index (χ3n) is 2.48. The molecule has 0 aliphatic heterocycles. The number of hydrogen-bond donors (Lipinski definition) is 1. The zero-order valence-electron chi connectivity index (χ0n) is 9.47. The van der Waals surface area contributed by atoms with Crippen LogP contribution in [0.2, 0.25) is 0 Å². The van der Waals surface area contributed by atoms with Crippen molar-refractivity contribution < 1.29 is 4.92 Å². The van der Waals surface area contributed by atoms with Gasteiger partial charge in [0.2, 0.25) is 0 Å². The molecule has 0 aromatic heterocycles. The van der Waals surface area contributed by atoms with Crippen molar-refractivity contribution in [1.29, 1.82) is 0 Å². The number of rotatable bonds is 4. The van der Waals surface area contributed by atoms with Crippen molar-refractivity contribution >= 4 is 34.0 Å². The summed E-state index contributed by atoms with van der Waals surface area (Å²) in [5.74, 6) is 0. The fourth-order valence-electron chi connectivity index (χ4n) is 1.56. The molecular weight excluding hydrogens is 343 g/mol. The van der Waals surface area contributed by atoms with Gasteiger partial charge in [0, 0.05) is 18.3 Å². The van der Waals surface area contributed by atoms with Crippen LogP contribution in [-0.2, 0) is 6.54 Å². The van der Waals surface area contributed by atoms with Crippen LogP contribution < -0.4 is 5.32 Å². The molecule has 1 N–H and O–H groups in total. The van der Waals surface area contributed by atoms with Crippen molar-refractivity contribution in [2.75, 3.05) is 5.32 Å². The topological polar surface area (TPSA) is 55.2 Å². The van der Waals surface area contributed by atoms with Crippen LogP contribution in [0.25, 0.3) is 0 Å². The van der Waals surface area contributed by atoms with Gasteiger partial charge in [-0.3, -0.25) is 10.1 Å². The second kappa shape index (κ2) is 5.81. The maximum Gasteiger partial charge on any atom is 0.282 e. The number of nitrogens with zero attached hydrogens (tertiary/aromatic N) is 1. The number of benzene rings is 2. The van der Waals surface area contributed by atoms with Crippen molar-refractivity contribution in [2.45, 2.75) is 6.54 Å². The molecule has 0 radical (unpaired) electrons. The Morgan fingerprint density at radius 3 is 2.50 bits per heavy atom. The van der Waals surface area contributed by atoms with Gasteiger partial charge in [-0.1, -0.05) is 30.3 Å². The van der Waals surface area contributed by atoms with E-state index in [9.17, 15) is 10.1 Å². The van der Waals surface area contributed by atoms with Crippen LogP contribution in [0.1, 0.15) is 5.56 Å². The zero-order chi connectivity index (χ0) is 13.0. The Labute approximate surface area is 118 Å². The first-order valence-corrected chi connectivity index (χ1v) is 6.46. The van der Waals surface area contributed by atoms with Gasteiger partial charge in [-0.2, -0.15) is 0 Å². The number of nitro groups is 1. The predicted molar refractivity (Wildman–Crippen MR) is 79.6 cm³/mol. The molecular formula is C13H11IN2O2. The molecule has 0 heterocycles. The van der Waals surface area contributed by atoms with Crippen LogP contribution >= 0.6 is 22.6 Å². The van der Waals surface area contributed by atoms with Crippen LogP contribution in [0.3, 0.4) is 0 Å². The van der Waals surface area contributed by atoms with E-state index in [1.54, 1.807) is 12.1 Å². The van der Waals surface area contributed by atoms with E-state index in [1.807, 2.05) is 52.9 Å². The first kappa shape index (κ1) is 12.8. The van der Waals surface area contributed by atoms with Crippen LogP contribution in [0.15, 0.2) is 48.5 Å². The molecule has 2 aromatic rings. The minimum absolute atomic E-state index is 0.140. The third-order valence-corrected chi connectivity index (χ3v) is 3.35. The molecule has 92 valence electrons. The number of nitro benzene ring substituents is 1. The molecule has 0 aliphatic carbocycles. The lowest BCUT2D eigenvalue weighted by Gasteiger charge is -2.07. The quantitative estimate of drug-likeness (QED) is 0.516. The van der Waals surface area contributed by atoms with Crippen molar-refractivity contribution in [3.63, 3.8) is 0 Å². The second-order valence-corrected chi connectivity index (χ2v) is 4.92. The maximum atomic E-state index is 10.7. The smallest absolute Gasteiger partial charge is 0.282 e. The fraction of sp³-hybridized carbons (Fsp3) is 0.0769. The van der Waals surface area contributed by atoms with Crippen molar-refractivity contribution in [2.24, 2.45) is 0 Å². The summed E-state index contributed by atoms with van der Waals surface area (Å²) >= 11 is 1.97.